The molecule has 0 unspecified atom stereocenters. The highest BCUT2D eigenvalue weighted by Gasteiger charge is 2.23. The third-order valence-corrected chi connectivity index (χ3v) is 9.59. The maximum atomic E-state index is 13.5. The molecule has 7 nitrogen and oxygen atoms in total. The number of aromatic nitrogens is 1. The van der Waals surface area contributed by atoms with Crippen LogP contribution < -0.4 is 9.64 Å². The number of aryl methyl sites for hydroxylation is 1. The smallest absolute Gasteiger partial charge is 0.233 e. The van der Waals surface area contributed by atoms with Crippen molar-refractivity contribution in [2.75, 3.05) is 38.2 Å². The van der Waals surface area contributed by atoms with Crippen LogP contribution in [-0.2, 0) is 21.1 Å². The minimum Gasteiger partial charge on any atom is -0.494 e. The summed E-state index contributed by atoms with van der Waals surface area (Å²) in [5.41, 5.74) is 2.61. The highest BCUT2D eigenvalue weighted by atomic mass is 32.2. The van der Waals surface area contributed by atoms with E-state index in [4.69, 9.17) is 9.72 Å². The summed E-state index contributed by atoms with van der Waals surface area (Å²) < 4.78 is 31.4. The topological polar surface area (TPSA) is 79.8 Å². The van der Waals surface area contributed by atoms with Crippen LogP contribution in [0, 0.1) is 6.92 Å². The summed E-state index contributed by atoms with van der Waals surface area (Å²) in [6.07, 6.45) is 0.159. The fourth-order valence-electron chi connectivity index (χ4n) is 3.83. The van der Waals surface area contributed by atoms with Crippen molar-refractivity contribution in [1.29, 1.82) is 0 Å². The molecule has 0 radical (unpaired) electrons. The number of amides is 1. The number of rotatable bonds is 11. The molecule has 2 aromatic carbocycles. The molecule has 3 rings (SSSR count). The molecular formula is C26H35N3O4S2. The number of hydrogen-bond acceptors (Lipinski definition) is 7. The average Bonchev–Trinajstić information content (AvgIpc) is 3.28. The first-order chi connectivity index (χ1) is 16.6. The van der Waals surface area contributed by atoms with Gasteiger partial charge in [-0.1, -0.05) is 43.4 Å². The number of methoxy groups -OCH3 is 1. The summed E-state index contributed by atoms with van der Waals surface area (Å²) >= 11 is 1.49. The zero-order valence-electron chi connectivity index (χ0n) is 21.4. The molecular weight excluding hydrogens is 482 g/mol. The highest BCUT2D eigenvalue weighted by molar-refractivity contribution is 7.92. The van der Waals surface area contributed by atoms with E-state index in [0.29, 0.717) is 17.4 Å². The number of fused-ring (bicyclic) bond motifs is 1. The van der Waals surface area contributed by atoms with Gasteiger partial charge in [0, 0.05) is 13.1 Å². The van der Waals surface area contributed by atoms with Crippen LogP contribution in [0.2, 0.25) is 0 Å². The molecule has 0 bridgehead atoms. The number of sulfone groups is 1. The molecule has 35 heavy (non-hydrogen) atoms. The lowest BCUT2D eigenvalue weighted by Crippen LogP contribution is -2.39. The van der Waals surface area contributed by atoms with Crippen molar-refractivity contribution < 1.29 is 17.9 Å². The Hall–Kier alpha value is -2.49. The predicted octanol–water partition coefficient (Wildman–Crippen LogP) is 4.71. The van der Waals surface area contributed by atoms with Gasteiger partial charge >= 0.3 is 0 Å². The van der Waals surface area contributed by atoms with E-state index in [9.17, 15) is 13.2 Å². The maximum Gasteiger partial charge on any atom is 0.233 e. The SMILES string of the molecule is CCN(CC)CCN(C(=O)Cc1ccc(S(=O)(=O)C(C)C)cc1)c1nc2c(OC)ccc(C)c2s1. The highest BCUT2D eigenvalue weighted by Crippen LogP contribution is 2.36. The minimum atomic E-state index is -3.35. The van der Waals surface area contributed by atoms with E-state index >= 15 is 0 Å². The summed E-state index contributed by atoms with van der Waals surface area (Å²) in [6.45, 7) is 12.6. The fourth-order valence-corrected chi connectivity index (χ4v) is 5.98. The van der Waals surface area contributed by atoms with E-state index in [1.807, 2.05) is 19.1 Å². The van der Waals surface area contributed by atoms with Crippen molar-refractivity contribution in [2.45, 2.75) is 51.2 Å². The van der Waals surface area contributed by atoms with Gasteiger partial charge in [0.25, 0.3) is 0 Å². The number of ether oxygens (including phenoxy) is 1. The first-order valence-corrected chi connectivity index (χ1v) is 14.3. The number of benzene rings is 2. The minimum absolute atomic E-state index is 0.0766. The lowest BCUT2D eigenvalue weighted by Gasteiger charge is -2.24. The average molecular weight is 518 g/mol. The Bertz CT molecular complexity index is 1260. The van der Waals surface area contributed by atoms with Crippen LogP contribution in [-0.4, -0.2) is 62.7 Å². The van der Waals surface area contributed by atoms with E-state index in [2.05, 4.69) is 18.7 Å². The third kappa shape index (κ3) is 6.02. The van der Waals surface area contributed by atoms with E-state index in [-0.39, 0.29) is 17.2 Å². The molecule has 0 aliphatic heterocycles. The predicted molar refractivity (Wildman–Crippen MR) is 144 cm³/mol. The summed E-state index contributed by atoms with van der Waals surface area (Å²) in [5.74, 6) is 0.610. The number of nitrogens with zero attached hydrogens (tertiary/aromatic N) is 3. The summed E-state index contributed by atoms with van der Waals surface area (Å²) in [6, 6.07) is 10.5. The van der Waals surface area contributed by atoms with E-state index < -0.39 is 15.1 Å². The van der Waals surface area contributed by atoms with Crippen LogP contribution in [0.5, 0.6) is 5.75 Å². The van der Waals surface area contributed by atoms with Crippen molar-refractivity contribution >= 4 is 42.4 Å². The second kappa shape index (κ2) is 11.5. The molecule has 1 aromatic heterocycles. The lowest BCUT2D eigenvalue weighted by atomic mass is 10.1. The molecule has 190 valence electrons. The monoisotopic (exact) mass is 517 g/mol. The number of anilines is 1. The maximum absolute atomic E-state index is 13.5. The summed E-state index contributed by atoms with van der Waals surface area (Å²) in [4.78, 5) is 22.6. The Labute approximate surface area is 212 Å². The zero-order chi connectivity index (χ0) is 25.8. The number of carbonyl (C=O) groups is 1. The van der Waals surface area contributed by atoms with Crippen molar-refractivity contribution in [3.63, 3.8) is 0 Å². The van der Waals surface area contributed by atoms with E-state index in [1.54, 1.807) is 50.1 Å². The molecule has 0 saturated heterocycles. The number of carbonyl (C=O) groups excluding carboxylic acids is 1. The molecule has 1 amide bonds. The number of likely N-dealkylation sites (N-methyl/N-ethyl adjacent to an activating group) is 1. The Balaban J connectivity index is 1.92. The molecule has 3 aromatic rings. The second-order valence-corrected chi connectivity index (χ2v) is 12.2. The molecule has 0 saturated carbocycles. The molecule has 1 heterocycles. The van der Waals surface area contributed by atoms with Gasteiger partial charge in [-0.05, 0) is 63.2 Å². The van der Waals surface area contributed by atoms with E-state index in [0.717, 1.165) is 41.0 Å². The van der Waals surface area contributed by atoms with Gasteiger partial charge in [-0.15, -0.1) is 0 Å². The van der Waals surface area contributed by atoms with Crippen molar-refractivity contribution in [2.24, 2.45) is 0 Å². The standard InChI is InChI=1S/C26H35N3O4S2/c1-7-28(8-2)15-16-29(26-27-24-22(33-6)14-9-19(5)25(24)34-26)23(30)17-20-10-12-21(13-11-20)35(31,32)18(3)4/h9-14,18H,7-8,15-17H2,1-6H3. The molecule has 0 spiro atoms. The Morgan fingerprint density at radius 3 is 2.29 bits per heavy atom. The van der Waals surface area contributed by atoms with Gasteiger partial charge in [-0.25, -0.2) is 13.4 Å². The van der Waals surface area contributed by atoms with Crippen LogP contribution in [0.3, 0.4) is 0 Å². The Kier molecular flexibility index (Phi) is 8.90. The largest absolute Gasteiger partial charge is 0.494 e. The van der Waals surface area contributed by atoms with E-state index in [1.165, 1.54) is 11.3 Å². The molecule has 0 atom stereocenters. The quantitative estimate of drug-likeness (QED) is 0.366. The normalized spacial score (nSPS) is 12.0. The van der Waals surface area contributed by atoms with Gasteiger partial charge in [-0.2, -0.15) is 0 Å². The second-order valence-electron chi connectivity index (χ2n) is 8.75. The van der Waals surface area contributed by atoms with Crippen LogP contribution >= 0.6 is 11.3 Å². The number of hydrogen-bond donors (Lipinski definition) is 0. The Morgan fingerprint density at radius 2 is 1.71 bits per heavy atom. The zero-order valence-corrected chi connectivity index (χ0v) is 23.0. The molecule has 0 N–H and O–H groups in total. The van der Waals surface area contributed by atoms with Crippen LogP contribution in [0.4, 0.5) is 5.13 Å². The summed E-state index contributed by atoms with van der Waals surface area (Å²) in [5, 5.41) is 0.147. The van der Waals surface area contributed by atoms with Gasteiger partial charge in [0.15, 0.2) is 15.0 Å². The van der Waals surface area contributed by atoms with Crippen LogP contribution in [0.15, 0.2) is 41.3 Å². The first-order valence-electron chi connectivity index (χ1n) is 11.9. The first kappa shape index (κ1) is 27.1. The molecule has 9 heteroatoms. The molecule has 0 aliphatic rings. The van der Waals surface area contributed by atoms with Gasteiger partial charge in [0.05, 0.1) is 28.4 Å². The fraction of sp³-hybridized carbons (Fsp3) is 0.462. The van der Waals surface area contributed by atoms with Crippen LogP contribution in [0.25, 0.3) is 10.2 Å². The summed E-state index contributed by atoms with van der Waals surface area (Å²) in [7, 11) is -1.73. The lowest BCUT2D eigenvalue weighted by molar-refractivity contribution is -0.118. The van der Waals surface area contributed by atoms with Gasteiger partial charge in [0.2, 0.25) is 5.91 Å². The number of thiazole rings is 1. The van der Waals surface area contributed by atoms with Crippen molar-refractivity contribution in [3.8, 4) is 5.75 Å². The van der Waals surface area contributed by atoms with Crippen molar-refractivity contribution in [1.82, 2.24) is 9.88 Å². The van der Waals surface area contributed by atoms with Gasteiger partial charge in [0.1, 0.15) is 11.3 Å². The Morgan fingerprint density at radius 1 is 1.06 bits per heavy atom. The van der Waals surface area contributed by atoms with Crippen LogP contribution in [0.1, 0.15) is 38.8 Å². The third-order valence-electron chi connectivity index (χ3n) is 6.21. The molecule has 0 fully saturated rings. The van der Waals surface area contributed by atoms with Crippen molar-refractivity contribution in [3.05, 3.63) is 47.5 Å². The molecule has 0 aliphatic carbocycles. The van der Waals surface area contributed by atoms with Gasteiger partial charge in [-0.3, -0.25) is 9.69 Å². The van der Waals surface area contributed by atoms with Gasteiger partial charge < -0.3 is 9.64 Å².